The van der Waals surface area contributed by atoms with Gasteiger partial charge >= 0.3 is 12.0 Å². The zero-order valence-electron chi connectivity index (χ0n) is 17.0. The van der Waals surface area contributed by atoms with Gasteiger partial charge in [0.15, 0.2) is 6.61 Å². The monoisotopic (exact) mass is 401 g/mol. The fourth-order valence-corrected chi connectivity index (χ4v) is 4.20. The largest absolute Gasteiger partial charge is 0.454 e. The van der Waals surface area contributed by atoms with Crippen molar-refractivity contribution in [3.05, 3.63) is 29.3 Å². The average Bonchev–Trinajstić information content (AvgIpc) is 2.87. The van der Waals surface area contributed by atoms with Gasteiger partial charge in [-0.05, 0) is 55.9 Å². The molecule has 2 fully saturated rings. The Morgan fingerprint density at radius 3 is 2.55 bits per heavy atom. The molecule has 0 aromatic heterocycles. The summed E-state index contributed by atoms with van der Waals surface area (Å²) in [6.45, 7) is 4.78. The second-order valence-electron chi connectivity index (χ2n) is 8.02. The predicted molar refractivity (Wildman–Crippen MR) is 106 cm³/mol. The van der Waals surface area contributed by atoms with E-state index < -0.39 is 36.6 Å². The molecule has 8 nitrogen and oxygen atoms in total. The molecule has 1 spiro atoms. The highest BCUT2D eigenvalue weighted by atomic mass is 16.5. The van der Waals surface area contributed by atoms with E-state index in [1.54, 1.807) is 0 Å². The molecule has 29 heavy (non-hydrogen) atoms. The lowest BCUT2D eigenvalue weighted by atomic mass is 9.73. The molecule has 0 unspecified atom stereocenters. The van der Waals surface area contributed by atoms with Crippen LogP contribution in [0, 0.1) is 19.8 Å². The molecule has 0 radical (unpaired) electrons. The van der Waals surface area contributed by atoms with E-state index in [-0.39, 0.29) is 11.8 Å². The molecule has 1 saturated heterocycles. The number of ether oxygens (including phenoxy) is 1. The molecule has 4 amide bonds. The lowest BCUT2D eigenvalue weighted by molar-refractivity contribution is -0.150. The van der Waals surface area contributed by atoms with E-state index in [1.807, 2.05) is 39.0 Å². The molecule has 1 aliphatic carbocycles. The standard InChI is InChI=1S/C21H27N3O5/c1-13-8-14(2)10-16(9-13)22-17(25)12-29-18(26)11-24-19(27)21(23-20(24)28)7-5-4-6-15(21)3/h8-10,15H,4-7,11-12H2,1-3H3,(H,22,25)(H,23,28)/t15-,21-/m0/s1. The number of benzene rings is 1. The quantitative estimate of drug-likeness (QED) is 0.582. The Labute approximate surface area is 170 Å². The predicted octanol–water partition coefficient (Wildman–Crippen LogP) is 2.29. The van der Waals surface area contributed by atoms with E-state index in [2.05, 4.69) is 10.6 Å². The number of imide groups is 1. The van der Waals surface area contributed by atoms with Crippen LogP contribution in [0.5, 0.6) is 0 Å². The van der Waals surface area contributed by atoms with Gasteiger partial charge in [0.05, 0.1) is 0 Å². The third kappa shape index (κ3) is 4.41. The summed E-state index contributed by atoms with van der Waals surface area (Å²) in [6, 6.07) is 5.02. The summed E-state index contributed by atoms with van der Waals surface area (Å²) in [5, 5.41) is 5.45. The second kappa shape index (κ2) is 8.23. The first-order valence-electron chi connectivity index (χ1n) is 9.89. The van der Waals surface area contributed by atoms with Gasteiger partial charge in [-0.3, -0.25) is 19.3 Å². The van der Waals surface area contributed by atoms with Crippen LogP contribution in [0.2, 0.25) is 0 Å². The second-order valence-corrected chi connectivity index (χ2v) is 8.02. The highest BCUT2D eigenvalue weighted by Gasteiger charge is 2.55. The van der Waals surface area contributed by atoms with E-state index in [0.29, 0.717) is 12.1 Å². The van der Waals surface area contributed by atoms with Crippen LogP contribution < -0.4 is 10.6 Å². The number of hydrogen-bond acceptors (Lipinski definition) is 5. The maximum Gasteiger partial charge on any atom is 0.326 e. The smallest absolute Gasteiger partial charge is 0.326 e. The Kier molecular flexibility index (Phi) is 5.91. The molecular formula is C21H27N3O5. The minimum absolute atomic E-state index is 0.0114. The molecule has 0 bridgehead atoms. The van der Waals surface area contributed by atoms with E-state index in [0.717, 1.165) is 35.3 Å². The van der Waals surface area contributed by atoms with Crippen LogP contribution in [0.3, 0.4) is 0 Å². The Morgan fingerprint density at radius 1 is 1.21 bits per heavy atom. The summed E-state index contributed by atoms with van der Waals surface area (Å²) >= 11 is 0. The lowest BCUT2D eigenvalue weighted by Crippen LogP contribution is -2.54. The number of hydrogen-bond donors (Lipinski definition) is 2. The topological polar surface area (TPSA) is 105 Å². The van der Waals surface area contributed by atoms with Gasteiger partial charge < -0.3 is 15.4 Å². The van der Waals surface area contributed by atoms with E-state index in [4.69, 9.17) is 4.74 Å². The number of nitrogens with one attached hydrogen (secondary N) is 2. The van der Waals surface area contributed by atoms with Gasteiger partial charge in [-0.1, -0.05) is 25.8 Å². The van der Waals surface area contributed by atoms with Crippen LogP contribution in [0.25, 0.3) is 0 Å². The third-order valence-corrected chi connectivity index (χ3v) is 5.66. The van der Waals surface area contributed by atoms with E-state index in [9.17, 15) is 19.2 Å². The first-order valence-corrected chi connectivity index (χ1v) is 9.89. The molecule has 1 aromatic rings. The number of esters is 1. The van der Waals surface area contributed by atoms with Crippen LogP contribution in [0.4, 0.5) is 10.5 Å². The molecule has 2 aliphatic rings. The molecule has 1 heterocycles. The first-order chi connectivity index (χ1) is 13.7. The summed E-state index contributed by atoms with van der Waals surface area (Å²) in [6.07, 6.45) is 3.29. The molecule has 2 N–H and O–H groups in total. The van der Waals surface area contributed by atoms with Crippen LogP contribution in [0.15, 0.2) is 18.2 Å². The van der Waals surface area contributed by atoms with Crippen molar-refractivity contribution in [3.63, 3.8) is 0 Å². The van der Waals surface area contributed by atoms with Gasteiger partial charge in [0.2, 0.25) is 0 Å². The lowest BCUT2D eigenvalue weighted by Gasteiger charge is -2.36. The third-order valence-electron chi connectivity index (χ3n) is 5.66. The van der Waals surface area contributed by atoms with E-state index >= 15 is 0 Å². The minimum Gasteiger partial charge on any atom is -0.454 e. The number of aryl methyl sites for hydroxylation is 2. The number of amides is 4. The van der Waals surface area contributed by atoms with Gasteiger partial charge in [0.25, 0.3) is 11.8 Å². The zero-order chi connectivity index (χ0) is 21.2. The zero-order valence-corrected chi connectivity index (χ0v) is 17.0. The van der Waals surface area contributed by atoms with Crippen molar-refractivity contribution >= 4 is 29.5 Å². The molecule has 1 saturated carbocycles. The van der Waals surface area contributed by atoms with Crippen molar-refractivity contribution in [2.75, 3.05) is 18.5 Å². The average molecular weight is 401 g/mol. The maximum atomic E-state index is 12.8. The van der Waals surface area contributed by atoms with Gasteiger partial charge in [0.1, 0.15) is 12.1 Å². The maximum absolute atomic E-state index is 12.8. The molecular weight excluding hydrogens is 374 g/mol. The van der Waals surface area contributed by atoms with Crippen LogP contribution in [-0.4, -0.2) is 47.4 Å². The van der Waals surface area contributed by atoms with Gasteiger partial charge in [-0.2, -0.15) is 0 Å². The normalized spacial score (nSPS) is 23.8. The van der Waals surface area contributed by atoms with Crippen LogP contribution in [-0.2, 0) is 19.1 Å². The summed E-state index contributed by atoms with van der Waals surface area (Å²) in [7, 11) is 0. The molecule has 2 atom stereocenters. The van der Waals surface area contributed by atoms with Crippen molar-refractivity contribution in [3.8, 4) is 0 Å². The molecule has 3 rings (SSSR count). The Balaban J connectivity index is 1.53. The fourth-order valence-electron chi connectivity index (χ4n) is 4.20. The summed E-state index contributed by atoms with van der Waals surface area (Å²) in [5.74, 6) is -1.66. The van der Waals surface area contributed by atoms with Gasteiger partial charge in [-0.25, -0.2) is 4.79 Å². The molecule has 8 heteroatoms. The van der Waals surface area contributed by atoms with Crippen LogP contribution >= 0.6 is 0 Å². The number of nitrogens with zero attached hydrogens (tertiary/aromatic N) is 1. The SMILES string of the molecule is Cc1cc(C)cc(NC(=O)COC(=O)CN2C(=O)N[C@]3(CCCC[C@@H]3C)C2=O)c1. The number of rotatable bonds is 5. The Morgan fingerprint density at radius 2 is 1.90 bits per heavy atom. The number of urea groups is 1. The van der Waals surface area contributed by atoms with Gasteiger partial charge in [0, 0.05) is 5.69 Å². The number of anilines is 1. The van der Waals surface area contributed by atoms with Crippen molar-refractivity contribution in [2.24, 2.45) is 5.92 Å². The van der Waals surface area contributed by atoms with E-state index in [1.165, 1.54) is 0 Å². The summed E-state index contributed by atoms with van der Waals surface area (Å²) in [4.78, 5) is 50.2. The van der Waals surface area contributed by atoms with Crippen molar-refractivity contribution in [1.82, 2.24) is 10.2 Å². The molecule has 1 aliphatic heterocycles. The van der Waals surface area contributed by atoms with Crippen molar-refractivity contribution in [1.29, 1.82) is 0 Å². The number of carbonyl (C=O) groups is 4. The molecule has 156 valence electrons. The first kappa shape index (κ1) is 20.8. The molecule has 1 aromatic carbocycles. The minimum atomic E-state index is -0.921. The highest BCUT2D eigenvalue weighted by molar-refractivity contribution is 6.09. The van der Waals surface area contributed by atoms with Gasteiger partial charge in [-0.15, -0.1) is 0 Å². The highest BCUT2D eigenvalue weighted by Crippen LogP contribution is 2.38. The van der Waals surface area contributed by atoms with Crippen LogP contribution in [0.1, 0.15) is 43.7 Å². The van der Waals surface area contributed by atoms with Crippen molar-refractivity contribution in [2.45, 2.75) is 52.0 Å². The summed E-state index contributed by atoms with van der Waals surface area (Å²) in [5.41, 5.74) is 1.70. The Hall–Kier alpha value is -2.90. The van der Waals surface area contributed by atoms with Crippen molar-refractivity contribution < 1.29 is 23.9 Å². The fraction of sp³-hybridized carbons (Fsp3) is 0.524. The number of carbonyl (C=O) groups excluding carboxylic acids is 4. The summed E-state index contributed by atoms with van der Waals surface area (Å²) < 4.78 is 4.97. The Bertz CT molecular complexity index is 832.